The summed E-state index contributed by atoms with van der Waals surface area (Å²) in [5, 5.41) is 16.8. The van der Waals surface area contributed by atoms with Gasteiger partial charge in [-0.3, -0.25) is 0 Å². The van der Waals surface area contributed by atoms with Crippen LogP contribution in [0.3, 0.4) is 0 Å². The number of phenols is 1. The molecule has 0 aliphatic carbocycles. The van der Waals surface area contributed by atoms with Crippen molar-refractivity contribution in [2.75, 3.05) is 7.11 Å². The Labute approximate surface area is 111 Å². The van der Waals surface area contributed by atoms with E-state index < -0.39 is 0 Å². The van der Waals surface area contributed by atoms with Crippen LogP contribution in [0.1, 0.15) is 30.2 Å². The topological polar surface area (TPSA) is 80.4 Å². The van der Waals surface area contributed by atoms with E-state index in [4.69, 9.17) is 9.26 Å². The Morgan fingerprint density at radius 1 is 1.47 bits per heavy atom. The predicted molar refractivity (Wildman–Crippen MR) is 68.9 cm³/mol. The number of hydrogen-bond acceptors (Lipinski definition) is 6. The molecule has 2 rings (SSSR count). The van der Waals surface area contributed by atoms with Crippen LogP contribution < -0.4 is 10.1 Å². The number of rotatable bonds is 5. The molecule has 1 atom stereocenters. The van der Waals surface area contributed by atoms with Crippen molar-refractivity contribution in [2.24, 2.45) is 0 Å². The lowest BCUT2D eigenvalue weighted by molar-refractivity contribution is 0.355. The van der Waals surface area contributed by atoms with E-state index in [0.29, 0.717) is 24.0 Å². The third-order valence-corrected chi connectivity index (χ3v) is 2.83. The number of aryl methyl sites for hydroxylation is 1. The highest BCUT2D eigenvalue weighted by Gasteiger charge is 2.12. The summed E-state index contributed by atoms with van der Waals surface area (Å²) in [6, 6.07) is 5.06. The maximum Gasteiger partial charge on any atom is 0.240 e. The summed E-state index contributed by atoms with van der Waals surface area (Å²) in [5.41, 5.74) is 0.760. The maximum absolute atomic E-state index is 9.86. The Morgan fingerprint density at radius 3 is 2.89 bits per heavy atom. The minimum atomic E-state index is -0.0673. The molecule has 1 unspecified atom stereocenters. The summed E-state index contributed by atoms with van der Waals surface area (Å²) in [6.45, 7) is 4.15. The first-order valence-electron chi connectivity index (χ1n) is 5.99. The zero-order chi connectivity index (χ0) is 13.8. The van der Waals surface area contributed by atoms with E-state index in [1.807, 2.05) is 6.92 Å². The van der Waals surface area contributed by atoms with Gasteiger partial charge in [0, 0.05) is 11.6 Å². The fourth-order valence-electron chi connectivity index (χ4n) is 1.77. The highest BCUT2D eigenvalue weighted by molar-refractivity contribution is 5.41. The molecule has 6 nitrogen and oxygen atoms in total. The third-order valence-electron chi connectivity index (χ3n) is 2.83. The Kier molecular flexibility index (Phi) is 4.01. The summed E-state index contributed by atoms with van der Waals surface area (Å²) < 4.78 is 10.2. The van der Waals surface area contributed by atoms with Crippen LogP contribution in [0.15, 0.2) is 22.7 Å². The molecule has 0 aliphatic heterocycles. The monoisotopic (exact) mass is 263 g/mol. The molecule has 0 bridgehead atoms. The van der Waals surface area contributed by atoms with E-state index in [1.54, 1.807) is 32.2 Å². The Hall–Kier alpha value is -2.08. The molecular formula is C13H17N3O3. The number of phenolic OH excluding ortho intramolecular Hbond substituents is 1. The molecule has 102 valence electrons. The lowest BCUT2D eigenvalue weighted by Gasteiger charge is -2.15. The molecule has 0 saturated heterocycles. The highest BCUT2D eigenvalue weighted by atomic mass is 16.5. The number of benzene rings is 1. The first-order chi connectivity index (χ1) is 9.10. The molecule has 1 heterocycles. The van der Waals surface area contributed by atoms with Crippen molar-refractivity contribution in [1.82, 2.24) is 15.5 Å². The van der Waals surface area contributed by atoms with Crippen molar-refractivity contribution in [3.8, 4) is 11.5 Å². The smallest absolute Gasteiger partial charge is 0.240 e. The molecule has 1 aromatic heterocycles. The van der Waals surface area contributed by atoms with Crippen LogP contribution in [0.4, 0.5) is 0 Å². The van der Waals surface area contributed by atoms with Gasteiger partial charge in [-0.25, -0.2) is 0 Å². The van der Waals surface area contributed by atoms with Crippen LogP contribution >= 0.6 is 0 Å². The maximum atomic E-state index is 9.86. The van der Waals surface area contributed by atoms with Gasteiger partial charge in [0.2, 0.25) is 5.89 Å². The fourth-order valence-corrected chi connectivity index (χ4v) is 1.77. The van der Waals surface area contributed by atoms with E-state index in [0.717, 1.165) is 5.56 Å². The average molecular weight is 263 g/mol. The summed E-state index contributed by atoms with van der Waals surface area (Å²) in [5.74, 6) is 2.05. The largest absolute Gasteiger partial charge is 0.508 e. The second kappa shape index (κ2) is 5.71. The van der Waals surface area contributed by atoms with Gasteiger partial charge >= 0.3 is 0 Å². The van der Waals surface area contributed by atoms with E-state index in [2.05, 4.69) is 15.5 Å². The fraction of sp³-hybridized carbons (Fsp3) is 0.385. The number of methoxy groups -OCH3 is 1. The number of nitrogens with zero attached hydrogens (tertiary/aromatic N) is 2. The SMILES string of the molecule is COc1ccc(O)c(C(C)NCc2nc(C)no2)c1. The summed E-state index contributed by atoms with van der Waals surface area (Å²) >= 11 is 0. The first kappa shape index (κ1) is 13.4. The zero-order valence-corrected chi connectivity index (χ0v) is 11.2. The number of nitrogens with one attached hydrogen (secondary N) is 1. The van der Waals surface area contributed by atoms with Crippen LogP contribution in [0, 0.1) is 6.92 Å². The molecule has 0 spiro atoms. The zero-order valence-electron chi connectivity index (χ0n) is 11.2. The molecule has 2 N–H and O–H groups in total. The average Bonchev–Trinajstić information content (AvgIpc) is 2.82. The minimum Gasteiger partial charge on any atom is -0.508 e. The van der Waals surface area contributed by atoms with E-state index >= 15 is 0 Å². The van der Waals surface area contributed by atoms with E-state index in [9.17, 15) is 5.11 Å². The van der Waals surface area contributed by atoms with Crippen molar-refractivity contribution < 1.29 is 14.4 Å². The summed E-state index contributed by atoms with van der Waals surface area (Å²) in [6.07, 6.45) is 0. The predicted octanol–water partition coefficient (Wildman–Crippen LogP) is 1.94. The van der Waals surface area contributed by atoms with Gasteiger partial charge in [0.15, 0.2) is 5.82 Å². The van der Waals surface area contributed by atoms with Crippen LogP contribution in [0.5, 0.6) is 11.5 Å². The van der Waals surface area contributed by atoms with E-state index in [-0.39, 0.29) is 11.8 Å². The van der Waals surface area contributed by atoms with Crippen molar-refractivity contribution in [3.05, 3.63) is 35.5 Å². The second-order valence-electron chi connectivity index (χ2n) is 4.26. The van der Waals surface area contributed by atoms with Crippen molar-refractivity contribution in [2.45, 2.75) is 26.4 Å². The Morgan fingerprint density at radius 2 is 2.26 bits per heavy atom. The van der Waals surface area contributed by atoms with Crippen LogP contribution in [-0.2, 0) is 6.54 Å². The third kappa shape index (κ3) is 3.23. The molecule has 0 amide bonds. The minimum absolute atomic E-state index is 0.0673. The lowest BCUT2D eigenvalue weighted by atomic mass is 10.1. The normalized spacial score (nSPS) is 12.4. The molecule has 0 fully saturated rings. The lowest BCUT2D eigenvalue weighted by Crippen LogP contribution is -2.18. The molecule has 0 aliphatic rings. The van der Waals surface area contributed by atoms with Crippen molar-refractivity contribution in [1.29, 1.82) is 0 Å². The molecule has 19 heavy (non-hydrogen) atoms. The Balaban J connectivity index is 2.04. The van der Waals surface area contributed by atoms with Crippen LogP contribution in [-0.4, -0.2) is 22.4 Å². The Bertz CT molecular complexity index is 554. The number of aromatic hydroxyl groups is 1. The quantitative estimate of drug-likeness (QED) is 0.858. The first-order valence-corrected chi connectivity index (χ1v) is 5.99. The van der Waals surface area contributed by atoms with Gasteiger partial charge in [-0.1, -0.05) is 5.16 Å². The van der Waals surface area contributed by atoms with Crippen molar-refractivity contribution >= 4 is 0 Å². The number of ether oxygens (including phenoxy) is 1. The number of hydrogen-bond donors (Lipinski definition) is 2. The highest BCUT2D eigenvalue weighted by Crippen LogP contribution is 2.28. The molecule has 2 aromatic rings. The van der Waals surface area contributed by atoms with Gasteiger partial charge in [0.05, 0.1) is 13.7 Å². The molecular weight excluding hydrogens is 246 g/mol. The molecule has 6 heteroatoms. The van der Waals surface area contributed by atoms with Gasteiger partial charge in [-0.15, -0.1) is 0 Å². The van der Waals surface area contributed by atoms with Gasteiger partial charge in [0.1, 0.15) is 11.5 Å². The van der Waals surface area contributed by atoms with Crippen LogP contribution in [0.2, 0.25) is 0 Å². The standard InChI is InChI=1S/C13H17N3O3/c1-8(14-7-13-15-9(2)16-19-13)11-6-10(18-3)4-5-12(11)17/h4-6,8,14,17H,7H2,1-3H3. The van der Waals surface area contributed by atoms with Crippen LogP contribution in [0.25, 0.3) is 0 Å². The second-order valence-corrected chi connectivity index (χ2v) is 4.26. The summed E-state index contributed by atoms with van der Waals surface area (Å²) in [7, 11) is 1.59. The van der Waals surface area contributed by atoms with Gasteiger partial charge in [-0.05, 0) is 32.0 Å². The van der Waals surface area contributed by atoms with Crippen molar-refractivity contribution in [3.63, 3.8) is 0 Å². The molecule has 0 radical (unpaired) electrons. The van der Waals surface area contributed by atoms with Gasteiger partial charge in [-0.2, -0.15) is 4.98 Å². The summed E-state index contributed by atoms with van der Waals surface area (Å²) in [4.78, 5) is 4.10. The molecule has 1 aromatic carbocycles. The van der Waals surface area contributed by atoms with Gasteiger partial charge in [0.25, 0.3) is 0 Å². The van der Waals surface area contributed by atoms with Gasteiger partial charge < -0.3 is 19.7 Å². The number of aromatic nitrogens is 2. The molecule has 0 saturated carbocycles. The van der Waals surface area contributed by atoms with E-state index in [1.165, 1.54) is 0 Å².